The topological polar surface area (TPSA) is 76.3 Å². The summed E-state index contributed by atoms with van der Waals surface area (Å²) in [7, 11) is 0. The molecule has 0 radical (unpaired) electrons. The lowest BCUT2D eigenvalue weighted by molar-refractivity contribution is -0.139. The minimum atomic E-state index is -0.983. The number of amides is 2. The SMILES string of the molecule is CC(C(=O)N1CCC[C@@](C(N)=O)(c2ccccn2)C1)(c1ccccc1)c1ccccc1. The molecule has 1 atom stereocenters. The minimum Gasteiger partial charge on any atom is -0.369 e. The number of nitrogens with two attached hydrogens (primary N) is 1. The summed E-state index contributed by atoms with van der Waals surface area (Å²) >= 11 is 0. The van der Waals surface area contributed by atoms with Gasteiger partial charge in [-0.2, -0.15) is 0 Å². The van der Waals surface area contributed by atoms with Crippen molar-refractivity contribution >= 4 is 11.8 Å². The average Bonchev–Trinajstić information content (AvgIpc) is 2.84. The lowest BCUT2D eigenvalue weighted by Gasteiger charge is -2.44. The number of likely N-dealkylation sites (tertiary alicyclic amines) is 1. The van der Waals surface area contributed by atoms with E-state index in [0.717, 1.165) is 11.1 Å². The average molecular weight is 414 g/mol. The molecule has 158 valence electrons. The Bertz CT molecular complexity index is 1010. The third-order valence-corrected chi connectivity index (χ3v) is 6.54. The van der Waals surface area contributed by atoms with Gasteiger partial charge in [-0.15, -0.1) is 0 Å². The molecule has 1 aliphatic rings. The fraction of sp³-hybridized carbons (Fsp3) is 0.269. The Morgan fingerprint density at radius 3 is 2.03 bits per heavy atom. The van der Waals surface area contributed by atoms with E-state index in [1.807, 2.05) is 85.8 Å². The van der Waals surface area contributed by atoms with Gasteiger partial charge in [0.2, 0.25) is 11.8 Å². The van der Waals surface area contributed by atoms with Gasteiger partial charge in [0, 0.05) is 19.3 Å². The summed E-state index contributed by atoms with van der Waals surface area (Å²) < 4.78 is 0. The standard InChI is InChI=1S/C26H27N3O2/c1-25(20-11-4-2-5-12-20,21-13-6-3-7-14-21)24(31)29-18-10-16-26(19-29,23(27)30)22-15-8-9-17-28-22/h2-9,11-15,17H,10,16,18-19H2,1H3,(H2,27,30)/t26-/m0/s1. The fourth-order valence-corrected chi connectivity index (χ4v) is 4.68. The summed E-state index contributed by atoms with van der Waals surface area (Å²) in [5, 5.41) is 0. The first-order valence-corrected chi connectivity index (χ1v) is 10.6. The van der Waals surface area contributed by atoms with Crippen molar-refractivity contribution in [1.82, 2.24) is 9.88 Å². The minimum absolute atomic E-state index is 0.0360. The number of hydrogen-bond acceptors (Lipinski definition) is 3. The number of nitrogens with zero attached hydrogens (tertiary/aromatic N) is 2. The van der Waals surface area contributed by atoms with Crippen molar-refractivity contribution in [1.29, 1.82) is 0 Å². The summed E-state index contributed by atoms with van der Waals surface area (Å²) in [5.41, 5.74) is 6.50. The van der Waals surface area contributed by atoms with Gasteiger partial charge in [-0.25, -0.2) is 0 Å². The van der Waals surface area contributed by atoms with E-state index in [2.05, 4.69) is 4.98 Å². The molecule has 5 heteroatoms. The highest BCUT2D eigenvalue weighted by molar-refractivity contribution is 5.93. The quantitative estimate of drug-likeness (QED) is 0.696. The van der Waals surface area contributed by atoms with Crippen molar-refractivity contribution in [3.63, 3.8) is 0 Å². The van der Waals surface area contributed by atoms with E-state index < -0.39 is 16.7 Å². The Kier molecular flexibility index (Phi) is 5.59. The maximum absolute atomic E-state index is 14.1. The second-order valence-corrected chi connectivity index (χ2v) is 8.35. The number of carbonyl (C=O) groups excluding carboxylic acids is 2. The van der Waals surface area contributed by atoms with E-state index in [1.54, 1.807) is 11.1 Å². The summed E-state index contributed by atoms with van der Waals surface area (Å²) in [5.74, 6) is -0.476. The fourth-order valence-electron chi connectivity index (χ4n) is 4.68. The lowest BCUT2D eigenvalue weighted by atomic mass is 9.72. The molecule has 31 heavy (non-hydrogen) atoms. The molecule has 0 aliphatic carbocycles. The van der Waals surface area contributed by atoms with Crippen molar-refractivity contribution in [2.75, 3.05) is 13.1 Å². The molecule has 5 nitrogen and oxygen atoms in total. The molecule has 0 saturated carbocycles. The molecule has 1 aromatic heterocycles. The Morgan fingerprint density at radius 1 is 0.935 bits per heavy atom. The van der Waals surface area contributed by atoms with Crippen LogP contribution >= 0.6 is 0 Å². The van der Waals surface area contributed by atoms with Crippen LogP contribution in [0.15, 0.2) is 85.1 Å². The molecule has 1 fully saturated rings. The molecule has 0 bridgehead atoms. The first-order chi connectivity index (χ1) is 15.0. The number of primary amides is 1. The molecule has 2 heterocycles. The maximum Gasteiger partial charge on any atom is 0.237 e. The summed E-state index contributed by atoms with van der Waals surface area (Å²) in [4.78, 5) is 33.0. The third kappa shape index (κ3) is 3.61. The number of carbonyl (C=O) groups is 2. The lowest BCUT2D eigenvalue weighted by Crippen LogP contribution is -2.58. The highest BCUT2D eigenvalue weighted by Crippen LogP contribution is 2.38. The summed E-state index contributed by atoms with van der Waals surface area (Å²) in [6.45, 7) is 2.77. The van der Waals surface area contributed by atoms with Gasteiger partial charge in [0.1, 0.15) is 5.41 Å². The highest BCUT2D eigenvalue weighted by Gasteiger charge is 2.48. The first kappa shape index (κ1) is 20.8. The maximum atomic E-state index is 14.1. The van der Waals surface area contributed by atoms with Crippen molar-refractivity contribution in [2.24, 2.45) is 5.73 Å². The molecule has 2 amide bonds. The Morgan fingerprint density at radius 2 is 1.52 bits per heavy atom. The second-order valence-electron chi connectivity index (χ2n) is 8.35. The Hall–Kier alpha value is -3.47. The zero-order valence-electron chi connectivity index (χ0n) is 17.7. The van der Waals surface area contributed by atoms with Crippen LogP contribution < -0.4 is 5.73 Å². The number of piperidine rings is 1. The Labute approximate surface area is 182 Å². The second kappa shape index (κ2) is 8.34. The van der Waals surface area contributed by atoms with Crippen LogP contribution in [0.1, 0.15) is 36.6 Å². The van der Waals surface area contributed by atoms with Crippen molar-refractivity contribution in [3.05, 3.63) is 102 Å². The van der Waals surface area contributed by atoms with Gasteiger partial charge in [-0.3, -0.25) is 14.6 Å². The van der Waals surface area contributed by atoms with Gasteiger partial charge in [-0.1, -0.05) is 66.7 Å². The van der Waals surface area contributed by atoms with Crippen LogP contribution in [0, 0.1) is 0 Å². The highest BCUT2D eigenvalue weighted by atomic mass is 16.2. The molecular weight excluding hydrogens is 386 g/mol. The van der Waals surface area contributed by atoms with Crippen molar-refractivity contribution < 1.29 is 9.59 Å². The van der Waals surface area contributed by atoms with E-state index in [4.69, 9.17) is 5.73 Å². The third-order valence-electron chi connectivity index (χ3n) is 6.54. The summed E-state index contributed by atoms with van der Waals surface area (Å²) in [6.07, 6.45) is 2.93. The predicted octanol–water partition coefficient (Wildman–Crippen LogP) is 3.43. The van der Waals surface area contributed by atoms with Crippen molar-refractivity contribution in [2.45, 2.75) is 30.6 Å². The number of pyridine rings is 1. The van der Waals surface area contributed by atoms with Crippen LogP contribution in [-0.2, 0) is 20.4 Å². The molecule has 3 aromatic rings. The van der Waals surface area contributed by atoms with E-state index in [9.17, 15) is 9.59 Å². The number of benzene rings is 2. The van der Waals surface area contributed by atoms with Crippen LogP contribution in [0.3, 0.4) is 0 Å². The van der Waals surface area contributed by atoms with E-state index in [1.165, 1.54) is 0 Å². The number of rotatable bonds is 5. The zero-order valence-corrected chi connectivity index (χ0v) is 17.7. The normalized spacial score (nSPS) is 19.1. The molecule has 2 aromatic carbocycles. The first-order valence-electron chi connectivity index (χ1n) is 10.6. The smallest absolute Gasteiger partial charge is 0.237 e. The predicted molar refractivity (Wildman–Crippen MR) is 120 cm³/mol. The Balaban J connectivity index is 1.77. The molecular formula is C26H27N3O2. The largest absolute Gasteiger partial charge is 0.369 e. The van der Waals surface area contributed by atoms with Gasteiger partial charge < -0.3 is 10.6 Å². The number of aromatic nitrogens is 1. The van der Waals surface area contributed by atoms with Crippen LogP contribution in [0.4, 0.5) is 0 Å². The number of hydrogen-bond donors (Lipinski definition) is 1. The van der Waals surface area contributed by atoms with Crippen LogP contribution in [-0.4, -0.2) is 34.8 Å². The van der Waals surface area contributed by atoms with E-state index in [-0.39, 0.29) is 12.5 Å². The monoisotopic (exact) mass is 413 g/mol. The van der Waals surface area contributed by atoms with E-state index >= 15 is 0 Å². The van der Waals surface area contributed by atoms with E-state index in [0.29, 0.717) is 25.1 Å². The molecule has 1 aliphatic heterocycles. The van der Waals surface area contributed by atoms with Crippen LogP contribution in [0.2, 0.25) is 0 Å². The molecule has 2 N–H and O–H groups in total. The summed E-state index contributed by atoms with van der Waals surface area (Å²) in [6, 6.07) is 25.1. The molecule has 4 rings (SSSR count). The van der Waals surface area contributed by atoms with Gasteiger partial charge in [0.15, 0.2) is 0 Å². The van der Waals surface area contributed by atoms with Gasteiger partial charge in [-0.05, 0) is 43.0 Å². The van der Waals surface area contributed by atoms with Crippen LogP contribution in [0.5, 0.6) is 0 Å². The van der Waals surface area contributed by atoms with Crippen molar-refractivity contribution in [3.8, 4) is 0 Å². The van der Waals surface area contributed by atoms with Gasteiger partial charge in [0.25, 0.3) is 0 Å². The molecule has 0 unspecified atom stereocenters. The van der Waals surface area contributed by atoms with Gasteiger partial charge >= 0.3 is 0 Å². The molecule has 1 saturated heterocycles. The molecule has 0 spiro atoms. The van der Waals surface area contributed by atoms with Gasteiger partial charge in [0.05, 0.1) is 11.1 Å². The van der Waals surface area contributed by atoms with Crippen LogP contribution in [0.25, 0.3) is 0 Å². The zero-order chi connectivity index (χ0) is 21.9.